The van der Waals surface area contributed by atoms with E-state index in [-0.39, 0.29) is 25.7 Å². The monoisotopic (exact) mass is 1370 g/mol. The summed E-state index contributed by atoms with van der Waals surface area (Å²) in [7, 11) is -9.91. The smallest absolute Gasteiger partial charge is 0.462 e. The first-order valence-corrected chi connectivity index (χ1v) is 41.4. The topological polar surface area (TPSA) is 237 Å². The van der Waals surface area contributed by atoms with Crippen LogP contribution in [0.1, 0.15) is 376 Å². The van der Waals surface area contributed by atoms with Gasteiger partial charge in [-0.25, -0.2) is 9.13 Å². The Hall–Kier alpha value is -1.94. The van der Waals surface area contributed by atoms with Crippen molar-refractivity contribution in [3.8, 4) is 0 Å². The molecule has 0 radical (unpaired) electrons. The van der Waals surface area contributed by atoms with Gasteiger partial charge in [-0.15, -0.1) is 0 Å². The molecule has 4 unspecified atom stereocenters. The summed E-state index contributed by atoms with van der Waals surface area (Å²) in [6.45, 7) is 11.8. The number of carbonyl (C=O) groups is 4. The number of aliphatic hydroxyl groups excluding tert-OH is 1. The van der Waals surface area contributed by atoms with Gasteiger partial charge in [0.1, 0.15) is 19.3 Å². The maximum atomic E-state index is 13.1. The minimum absolute atomic E-state index is 0.102. The summed E-state index contributed by atoms with van der Waals surface area (Å²) in [6.07, 6.45) is 50.1. The fraction of sp³-hybridized carbons (Fsp3) is 0.946. The maximum Gasteiger partial charge on any atom is 0.472 e. The zero-order valence-electron chi connectivity index (χ0n) is 60.7. The van der Waals surface area contributed by atoms with Crippen molar-refractivity contribution in [2.45, 2.75) is 394 Å². The molecule has 0 spiro atoms. The van der Waals surface area contributed by atoms with Crippen LogP contribution in [0.4, 0.5) is 0 Å². The molecule has 0 aliphatic rings. The van der Waals surface area contributed by atoms with E-state index in [0.717, 1.165) is 114 Å². The molecule has 0 bridgehead atoms. The minimum atomic E-state index is -4.96. The van der Waals surface area contributed by atoms with E-state index in [0.29, 0.717) is 25.7 Å². The van der Waals surface area contributed by atoms with Crippen LogP contribution >= 0.6 is 15.6 Å². The lowest BCUT2D eigenvalue weighted by atomic mass is 10.00. The Balaban J connectivity index is 5.23. The molecule has 7 atom stereocenters. The van der Waals surface area contributed by atoms with Crippen molar-refractivity contribution in [1.82, 2.24) is 0 Å². The van der Waals surface area contributed by atoms with Gasteiger partial charge in [-0.05, 0) is 43.4 Å². The summed E-state index contributed by atoms with van der Waals surface area (Å²) in [5.41, 5.74) is 0. The molecule has 552 valence electrons. The van der Waals surface area contributed by atoms with Crippen molar-refractivity contribution >= 4 is 39.5 Å². The molecule has 0 aromatic rings. The van der Waals surface area contributed by atoms with Gasteiger partial charge in [0.15, 0.2) is 12.2 Å². The third kappa shape index (κ3) is 65.8. The Morgan fingerprint density at radius 2 is 0.548 bits per heavy atom. The second-order valence-electron chi connectivity index (χ2n) is 27.6. The molecule has 0 heterocycles. The largest absolute Gasteiger partial charge is 0.472 e. The van der Waals surface area contributed by atoms with Gasteiger partial charge in [-0.2, -0.15) is 0 Å². The van der Waals surface area contributed by atoms with E-state index in [1.807, 2.05) is 0 Å². The normalized spacial score (nSPS) is 14.7. The van der Waals surface area contributed by atoms with Gasteiger partial charge >= 0.3 is 39.5 Å². The SMILES string of the molecule is CCCCCCCCCCCCCCCCC(=O)OC[C@H](COP(=O)(O)OC[C@@H](O)COP(=O)(O)OC[C@@H](COC(=O)CCCCCCCCC(C)CC)OC(=O)CCCCCCCCC(C)CC)OC(=O)CCCCCCCCCCCCCCCCCCC(C)C. The van der Waals surface area contributed by atoms with Crippen LogP contribution in [0, 0.1) is 17.8 Å². The Morgan fingerprint density at radius 1 is 0.312 bits per heavy atom. The van der Waals surface area contributed by atoms with Crippen LogP contribution in [0.3, 0.4) is 0 Å². The molecule has 0 amide bonds. The summed E-state index contributed by atoms with van der Waals surface area (Å²) in [5.74, 6) is 0.136. The third-order valence-electron chi connectivity index (χ3n) is 17.9. The summed E-state index contributed by atoms with van der Waals surface area (Å²) in [6, 6.07) is 0. The van der Waals surface area contributed by atoms with Gasteiger partial charge in [0.05, 0.1) is 26.4 Å². The van der Waals surface area contributed by atoms with E-state index in [2.05, 4.69) is 48.5 Å². The molecular formula is C74H144O17P2. The van der Waals surface area contributed by atoms with E-state index in [1.165, 1.54) is 180 Å². The third-order valence-corrected chi connectivity index (χ3v) is 19.8. The molecule has 17 nitrogen and oxygen atoms in total. The van der Waals surface area contributed by atoms with Crippen LogP contribution in [-0.2, 0) is 65.4 Å². The van der Waals surface area contributed by atoms with Gasteiger partial charge in [-0.3, -0.25) is 37.3 Å². The molecule has 0 aromatic heterocycles. The molecule has 3 N–H and O–H groups in total. The predicted octanol–water partition coefficient (Wildman–Crippen LogP) is 21.4. The lowest BCUT2D eigenvalue weighted by Gasteiger charge is -2.21. The molecule has 0 aromatic carbocycles. The quantitative estimate of drug-likeness (QED) is 0.0222. The number of esters is 4. The Labute approximate surface area is 568 Å². The lowest BCUT2D eigenvalue weighted by molar-refractivity contribution is -0.161. The standard InChI is InChI=1S/C74H144O17P2/c1-8-11-12-13-14-15-16-17-23-26-29-32-41-48-55-71(76)84-61-69(90-73(78)57-50-43-33-30-27-24-21-19-18-20-22-25-28-31-38-45-52-65(4)5)63-88-92(80,81)86-59-68(75)60-87-93(82,83)89-64-70(91-74(79)58-51-44-37-35-40-47-54-67(7)10-3)62-85-72(77)56-49-42-36-34-39-46-53-66(6)9-2/h65-70,75H,8-64H2,1-7H3,(H,80,81)(H,82,83)/t66?,67?,68-,69-,70-/m1/s1. The van der Waals surface area contributed by atoms with Crippen molar-refractivity contribution < 1.29 is 80.2 Å². The Kier molecular flexibility index (Phi) is 63.4. The lowest BCUT2D eigenvalue weighted by Crippen LogP contribution is -2.30. The van der Waals surface area contributed by atoms with E-state index in [4.69, 9.17) is 37.0 Å². The van der Waals surface area contributed by atoms with Crippen molar-refractivity contribution in [2.75, 3.05) is 39.6 Å². The summed E-state index contributed by atoms with van der Waals surface area (Å²) < 4.78 is 68.4. The van der Waals surface area contributed by atoms with Crippen LogP contribution < -0.4 is 0 Å². The summed E-state index contributed by atoms with van der Waals surface area (Å²) >= 11 is 0. The highest BCUT2D eigenvalue weighted by Gasteiger charge is 2.30. The van der Waals surface area contributed by atoms with Crippen molar-refractivity contribution in [3.63, 3.8) is 0 Å². The number of phosphoric ester groups is 2. The Morgan fingerprint density at radius 3 is 0.817 bits per heavy atom. The molecule has 19 heteroatoms. The maximum absolute atomic E-state index is 13.1. The molecule has 0 aliphatic carbocycles. The first-order chi connectivity index (χ1) is 44.8. The molecule has 0 fully saturated rings. The molecule has 0 aliphatic heterocycles. The first kappa shape index (κ1) is 91.1. The number of unbranched alkanes of at least 4 members (excludes halogenated alkanes) is 38. The molecule has 0 saturated carbocycles. The van der Waals surface area contributed by atoms with Gasteiger partial charge in [0.2, 0.25) is 0 Å². The van der Waals surface area contributed by atoms with Crippen LogP contribution in [0.25, 0.3) is 0 Å². The molecular weight excluding hydrogens is 1220 g/mol. The summed E-state index contributed by atoms with van der Waals surface area (Å²) in [5, 5.41) is 10.6. The number of carbonyl (C=O) groups excluding carboxylic acids is 4. The number of rotatable bonds is 72. The highest BCUT2D eigenvalue weighted by atomic mass is 31.2. The molecule has 93 heavy (non-hydrogen) atoms. The number of hydrogen-bond donors (Lipinski definition) is 3. The van der Waals surface area contributed by atoms with Crippen LogP contribution in [0.2, 0.25) is 0 Å². The first-order valence-electron chi connectivity index (χ1n) is 38.4. The Bertz CT molecular complexity index is 1820. The molecule has 0 rings (SSSR count). The predicted molar refractivity (Wildman–Crippen MR) is 377 cm³/mol. The fourth-order valence-electron chi connectivity index (χ4n) is 11.2. The zero-order chi connectivity index (χ0) is 68.7. The van der Waals surface area contributed by atoms with Gasteiger partial charge < -0.3 is 33.8 Å². The van der Waals surface area contributed by atoms with Crippen molar-refractivity contribution in [1.29, 1.82) is 0 Å². The van der Waals surface area contributed by atoms with Crippen LogP contribution in [-0.4, -0.2) is 96.7 Å². The van der Waals surface area contributed by atoms with Crippen LogP contribution in [0.15, 0.2) is 0 Å². The van der Waals surface area contributed by atoms with Gasteiger partial charge in [-0.1, -0.05) is 325 Å². The van der Waals surface area contributed by atoms with E-state index < -0.39 is 97.5 Å². The van der Waals surface area contributed by atoms with Crippen molar-refractivity contribution in [2.24, 2.45) is 17.8 Å². The van der Waals surface area contributed by atoms with E-state index >= 15 is 0 Å². The highest BCUT2D eigenvalue weighted by molar-refractivity contribution is 7.47. The van der Waals surface area contributed by atoms with Crippen molar-refractivity contribution in [3.05, 3.63) is 0 Å². The second kappa shape index (κ2) is 64.7. The number of hydrogen-bond acceptors (Lipinski definition) is 15. The average molecular weight is 1370 g/mol. The van der Waals surface area contributed by atoms with Crippen LogP contribution in [0.5, 0.6) is 0 Å². The van der Waals surface area contributed by atoms with E-state index in [9.17, 15) is 43.2 Å². The van der Waals surface area contributed by atoms with E-state index in [1.54, 1.807) is 0 Å². The average Bonchev–Trinajstić information content (AvgIpc) is 2.15. The second-order valence-corrected chi connectivity index (χ2v) is 30.6. The number of aliphatic hydroxyl groups is 1. The van der Waals surface area contributed by atoms with Gasteiger partial charge in [0, 0.05) is 25.7 Å². The zero-order valence-corrected chi connectivity index (χ0v) is 62.5. The fourth-order valence-corrected chi connectivity index (χ4v) is 12.8. The number of phosphoric acid groups is 2. The van der Waals surface area contributed by atoms with Gasteiger partial charge in [0.25, 0.3) is 0 Å². The highest BCUT2D eigenvalue weighted by Crippen LogP contribution is 2.45. The minimum Gasteiger partial charge on any atom is -0.462 e. The summed E-state index contributed by atoms with van der Waals surface area (Å²) in [4.78, 5) is 72.7. The number of ether oxygens (including phenoxy) is 4. The molecule has 0 saturated heterocycles.